The largest absolute Gasteiger partial charge is 0.306 e. The Morgan fingerprint density at radius 2 is 2.15 bits per heavy atom. The second kappa shape index (κ2) is 4.13. The van der Waals surface area contributed by atoms with E-state index in [1.807, 2.05) is 6.33 Å². The minimum Gasteiger partial charge on any atom is -0.306 e. The lowest BCUT2D eigenvalue weighted by molar-refractivity contribution is 0.336. The number of hydrogen-bond donors (Lipinski definition) is 0. The van der Waals surface area contributed by atoms with Crippen molar-refractivity contribution in [3.8, 4) is 0 Å². The molecule has 72 valence electrons. The lowest BCUT2D eigenvalue weighted by Gasteiger charge is -2.23. The molecule has 0 atom stereocenters. The van der Waals surface area contributed by atoms with Crippen LogP contribution in [0.15, 0.2) is 11.5 Å². The van der Waals surface area contributed by atoms with Crippen LogP contribution in [0.25, 0.3) is 0 Å². The van der Waals surface area contributed by atoms with Crippen LogP contribution in [0.2, 0.25) is 0 Å². The third-order valence-electron chi connectivity index (χ3n) is 2.69. The van der Waals surface area contributed by atoms with E-state index < -0.39 is 0 Å². The highest BCUT2D eigenvalue weighted by atomic mass is 32.2. The summed E-state index contributed by atoms with van der Waals surface area (Å²) in [6.45, 7) is 0. The maximum absolute atomic E-state index is 4.09. The number of thioether (sulfide) groups is 1. The van der Waals surface area contributed by atoms with Crippen LogP contribution < -0.4 is 0 Å². The minimum atomic E-state index is 0.659. The molecule has 0 spiro atoms. The quantitative estimate of drug-likeness (QED) is 0.682. The van der Waals surface area contributed by atoms with E-state index >= 15 is 0 Å². The van der Waals surface area contributed by atoms with Crippen molar-refractivity contribution in [3.05, 3.63) is 6.33 Å². The van der Waals surface area contributed by atoms with E-state index in [1.165, 1.54) is 32.1 Å². The molecule has 0 radical (unpaired) electrons. The Labute approximate surface area is 82.9 Å². The van der Waals surface area contributed by atoms with Crippen LogP contribution in [0, 0.1) is 0 Å². The Bertz CT molecular complexity index is 266. The average Bonchev–Trinajstić information content (AvgIpc) is 2.67. The molecule has 1 aliphatic carbocycles. The molecule has 3 nitrogen and oxygen atoms in total. The van der Waals surface area contributed by atoms with Gasteiger partial charge in [-0.25, -0.2) is 0 Å². The first kappa shape index (κ1) is 9.06. The Morgan fingerprint density at radius 1 is 1.38 bits per heavy atom. The highest BCUT2D eigenvalue weighted by Gasteiger charge is 2.17. The first-order chi connectivity index (χ1) is 6.42. The molecule has 0 aromatic carbocycles. The molecule has 0 unspecified atom stereocenters. The smallest absolute Gasteiger partial charge is 0.190 e. The Kier molecular flexibility index (Phi) is 2.88. The van der Waals surface area contributed by atoms with Gasteiger partial charge >= 0.3 is 0 Å². The summed E-state index contributed by atoms with van der Waals surface area (Å²) in [6.07, 6.45) is 10.6. The number of aromatic nitrogens is 3. The summed E-state index contributed by atoms with van der Waals surface area (Å²) in [5, 5.41) is 9.11. The van der Waals surface area contributed by atoms with E-state index in [4.69, 9.17) is 0 Å². The summed E-state index contributed by atoms with van der Waals surface area (Å²) < 4.78 is 2.24. The number of nitrogens with zero attached hydrogens (tertiary/aromatic N) is 3. The zero-order chi connectivity index (χ0) is 9.10. The van der Waals surface area contributed by atoms with Crippen molar-refractivity contribution in [3.63, 3.8) is 0 Å². The van der Waals surface area contributed by atoms with Gasteiger partial charge in [-0.05, 0) is 19.1 Å². The molecule has 1 heterocycles. The fourth-order valence-electron chi connectivity index (χ4n) is 1.99. The van der Waals surface area contributed by atoms with Gasteiger partial charge in [0.25, 0.3) is 0 Å². The maximum Gasteiger partial charge on any atom is 0.190 e. The van der Waals surface area contributed by atoms with Crippen molar-refractivity contribution in [2.24, 2.45) is 0 Å². The van der Waals surface area contributed by atoms with Gasteiger partial charge in [0.15, 0.2) is 5.16 Å². The van der Waals surface area contributed by atoms with Gasteiger partial charge in [-0.2, -0.15) is 0 Å². The summed E-state index contributed by atoms with van der Waals surface area (Å²) in [5.41, 5.74) is 0. The fraction of sp³-hybridized carbons (Fsp3) is 0.778. The Hall–Kier alpha value is -0.510. The molecule has 1 aromatic rings. The molecule has 1 aliphatic rings. The van der Waals surface area contributed by atoms with Crippen LogP contribution in [0.3, 0.4) is 0 Å². The zero-order valence-electron chi connectivity index (χ0n) is 7.94. The van der Waals surface area contributed by atoms with E-state index in [2.05, 4.69) is 21.0 Å². The van der Waals surface area contributed by atoms with Gasteiger partial charge in [0.05, 0.1) is 0 Å². The average molecular weight is 197 g/mol. The van der Waals surface area contributed by atoms with Gasteiger partial charge in [0.2, 0.25) is 0 Å². The molecular formula is C9H15N3S. The van der Waals surface area contributed by atoms with E-state index in [0.717, 1.165) is 5.16 Å². The fourth-order valence-corrected chi connectivity index (χ4v) is 2.52. The molecule has 0 amide bonds. The van der Waals surface area contributed by atoms with Crippen LogP contribution in [0.5, 0.6) is 0 Å². The molecule has 2 rings (SSSR count). The molecule has 0 saturated heterocycles. The molecule has 4 heteroatoms. The summed E-state index contributed by atoms with van der Waals surface area (Å²) in [7, 11) is 0. The molecule has 1 fully saturated rings. The Morgan fingerprint density at radius 3 is 2.85 bits per heavy atom. The van der Waals surface area contributed by atoms with E-state index in [9.17, 15) is 0 Å². The van der Waals surface area contributed by atoms with Crippen LogP contribution in [-0.2, 0) is 0 Å². The topological polar surface area (TPSA) is 30.7 Å². The zero-order valence-corrected chi connectivity index (χ0v) is 8.76. The molecule has 0 bridgehead atoms. The maximum atomic E-state index is 4.09. The van der Waals surface area contributed by atoms with Gasteiger partial charge in [-0.1, -0.05) is 31.0 Å². The monoisotopic (exact) mass is 197 g/mol. The molecule has 1 saturated carbocycles. The molecule has 13 heavy (non-hydrogen) atoms. The SMILES string of the molecule is CSc1nncn1C1CCCCC1. The summed E-state index contributed by atoms with van der Waals surface area (Å²) in [6, 6.07) is 0.659. The van der Waals surface area contributed by atoms with Crippen molar-refractivity contribution < 1.29 is 0 Å². The van der Waals surface area contributed by atoms with Crippen molar-refractivity contribution in [1.29, 1.82) is 0 Å². The van der Waals surface area contributed by atoms with E-state index in [1.54, 1.807) is 11.8 Å². The van der Waals surface area contributed by atoms with Gasteiger partial charge in [0, 0.05) is 6.04 Å². The second-order valence-corrected chi connectivity index (χ2v) is 4.29. The van der Waals surface area contributed by atoms with Crippen molar-refractivity contribution in [2.75, 3.05) is 6.26 Å². The number of rotatable bonds is 2. The second-order valence-electron chi connectivity index (χ2n) is 3.52. The van der Waals surface area contributed by atoms with Crippen molar-refractivity contribution in [1.82, 2.24) is 14.8 Å². The van der Waals surface area contributed by atoms with Crippen molar-refractivity contribution in [2.45, 2.75) is 43.3 Å². The first-order valence-electron chi connectivity index (χ1n) is 4.85. The highest BCUT2D eigenvalue weighted by Crippen LogP contribution is 2.30. The lowest BCUT2D eigenvalue weighted by atomic mass is 9.95. The third kappa shape index (κ3) is 1.88. The van der Waals surface area contributed by atoms with Gasteiger partial charge in [-0.15, -0.1) is 10.2 Å². The van der Waals surface area contributed by atoms with Gasteiger partial charge in [-0.3, -0.25) is 0 Å². The highest BCUT2D eigenvalue weighted by molar-refractivity contribution is 7.98. The Balaban J connectivity index is 2.13. The predicted molar refractivity (Wildman–Crippen MR) is 53.9 cm³/mol. The first-order valence-corrected chi connectivity index (χ1v) is 6.08. The molecule has 0 N–H and O–H groups in total. The van der Waals surface area contributed by atoms with E-state index in [0.29, 0.717) is 6.04 Å². The molecule has 1 aromatic heterocycles. The normalized spacial score (nSPS) is 19.2. The van der Waals surface area contributed by atoms with Crippen LogP contribution in [0.4, 0.5) is 0 Å². The predicted octanol–water partition coefficient (Wildman–Crippen LogP) is 2.51. The summed E-state index contributed by atoms with van der Waals surface area (Å²) in [4.78, 5) is 0. The third-order valence-corrected chi connectivity index (χ3v) is 3.35. The van der Waals surface area contributed by atoms with Gasteiger partial charge in [0.1, 0.15) is 6.33 Å². The summed E-state index contributed by atoms with van der Waals surface area (Å²) >= 11 is 1.69. The molecule has 0 aliphatic heterocycles. The van der Waals surface area contributed by atoms with Crippen LogP contribution in [0.1, 0.15) is 38.1 Å². The minimum absolute atomic E-state index is 0.659. The lowest BCUT2D eigenvalue weighted by Crippen LogP contribution is -2.12. The summed E-state index contributed by atoms with van der Waals surface area (Å²) in [5.74, 6) is 0. The van der Waals surface area contributed by atoms with Crippen LogP contribution in [-0.4, -0.2) is 21.0 Å². The molecular weight excluding hydrogens is 182 g/mol. The number of hydrogen-bond acceptors (Lipinski definition) is 3. The standard InChI is InChI=1S/C9H15N3S/c1-13-9-11-10-7-12(9)8-5-3-2-4-6-8/h7-8H,2-6H2,1H3. The van der Waals surface area contributed by atoms with Gasteiger partial charge < -0.3 is 4.57 Å². The van der Waals surface area contributed by atoms with Crippen LogP contribution >= 0.6 is 11.8 Å². The van der Waals surface area contributed by atoms with Crippen molar-refractivity contribution >= 4 is 11.8 Å². The van der Waals surface area contributed by atoms with E-state index in [-0.39, 0.29) is 0 Å².